The minimum atomic E-state index is -3.60. The molecule has 2 unspecified atom stereocenters. The van der Waals surface area contributed by atoms with Crippen molar-refractivity contribution in [3.8, 4) is 0 Å². The average molecular weight is 410 g/mol. The predicted molar refractivity (Wildman–Crippen MR) is 101 cm³/mol. The number of aliphatic hydroxyl groups excluding tert-OH is 1. The second kappa shape index (κ2) is 7.98. The van der Waals surface area contributed by atoms with E-state index in [0.29, 0.717) is 23.6 Å². The van der Waals surface area contributed by atoms with Gasteiger partial charge >= 0.3 is 5.97 Å². The molecule has 1 aliphatic carbocycles. The number of aliphatic carboxylic acids is 1. The number of carboxylic acids is 1. The van der Waals surface area contributed by atoms with Crippen molar-refractivity contribution in [2.75, 3.05) is 6.54 Å². The summed E-state index contributed by atoms with van der Waals surface area (Å²) in [6.45, 7) is 0.298. The number of sulfonamides is 1. The Morgan fingerprint density at radius 2 is 1.81 bits per heavy atom. The summed E-state index contributed by atoms with van der Waals surface area (Å²) in [7, 11) is -3.60. The fraction of sp³-hybridized carbons (Fsp3) is 0.316. The van der Waals surface area contributed by atoms with E-state index < -0.39 is 22.1 Å². The van der Waals surface area contributed by atoms with E-state index in [1.54, 1.807) is 6.07 Å². The lowest BCUT2D eigenvalue weighted by Crippen LogP contribution is -2.29. The zero-order valence-corrected chi connectivity index (χ0v) is 16.0. The fourth-order valence-electron chi connectivity index (χ4n) is 3.29. The summed E-state index contributed by atoms with van der Waals surface area (Å²) < 4.78 is 27.4. The van der Waals surface area contributed by atoms with Crippen LogP contribution in [0.4, 0.5) is 0 Å². The minimum Gasteiger partial charge on any atom is -0.481 e. The highest BCUT2D eigenvalue weighted by molar-refractivity contribution is 7.89. The third kappa shape index (κ3) is 4.87. The zero-order valence-electron chi connectivity index (χ0n) is 14.4. The highest BCUT2D eigenvalue weighted by Crippen LogP contribution is 2.30. The highest BCUT2D eigenvalue weighted by Gasteiger charge is 2.25. The normalized spacial score (nSPS) is 17.5. The Morgan fingerprint density at radius 1 is 1.15 bits per heavy atom. The molecular weight excluding hydrogens is 390 g/mol. The number of hydrogen-bond acceptors (Lipinski definition) is 4. The lowest BCUT2D eigenvalue weighted by Gasteiger charge is -2.11. The highest BCUT2D eigenvalue weighted by atomic mass is 35.5. The molecule has 2 aromatic carbocycles. The number of aliphatic hydroxyl groups is 1. The van der Waals surface area contributed by atoms with Gasteiger partial charge in [-0.3, -0.25) is 4.79 Å². The lowest BCUT2D eigenvalue weighted by molar-refractivity contribution is -0.139. The summed E-state index contributed by atoms with van der Waals surface area (Å²) in [5.74, 6) is -0.952. The molecule has 2 atom stereocenters. The molecule has 8 heteroatoms. The van der Waals surface area contributed by atoms with Crippen LogP contribution in [0.2, 0.25) is 5.02 Å². The molecule has 0 aliphatic heterocycles. The van der Waals surface area contributed by atoms with Crippen LogP contribution in [0.1, 0.15) is 29.2 Å². The van der Waals surface area contributed by atoms with Crippen molar-refractivity contribution < 1.29 is 23.4 Å². The van der Waals surface area contributed by atoms with Gasteiger partial charge in [0.25, 0.3) is 0 Å². The van der Waals surface area contributed by atoms with Gasteiger partial charge in [0.1, 0.15) is 0 Å². The molecule has 144 valence electrons. The van der Waals surface area contributed by atoms with E-state index in [1.165, 1.54) is 24.3 Å². The molecule has 0 saturated heterocycles. The summed E-state index contributed by atoms with van der Waals surface area (Å²) in [6, 6.07) is 11.4. The van der Waals surface area contributed by atoms with Gasteiger partial charge in [-0.2, -0.15) is 0 Å². The second-order valence-electron chi connectivity index (χ2n) is 6.72. The number of hydrogen-bond donors (Lipinski definition) is 3. The first-order valence-corrected chi connectivity index (χ1v) is 10.4. The Balaban J connectivity index is 1.63. The molecule has 0 heterocycles. The van der Waals surface area contributed by atoms with E-state index in [2.05, 4.69) is 4.72 Å². The van der Waals surface area contributed by atoms with E-state index in [-0.39, 0.29) is 17.2 Å². The maximum atomic E-state index is 12.4. The van der Waals surface area contributed by atoms with Crippen LogP contribution in [0, 0.1) is 5.92 Å². The number of rotatable bonds is 7. The van der Waals surface area contributed by atoms with Crippen molar-refractivity contribution in [2.24, 2.45) is 5.92 Å². The van der Waals surface area contributed by atoms with Gasteiger partial charge in [0, 0.05) is 11.6 Å². The van der Waals surface area contributed by atoms with E-state index in [9.17, 15) is 18.3 Å². The molecule has 0 amide bonds. The van der Waals surface area contributed by atoms with Crippen molar-refractivity contribution in [1.29, 1.82) is 0 Å². The van der Waals surface area contributed by atoms with Crippen LogP contribution in [-0.2, 0) is 27.7 Å². The molecule has 2 aromatic rings. The van der Waals surface area contributed by atoms with Gasteiger partial charge in [-0.1, -0.05) is 29.8 Å². The molecule has 27 heavy (non-hydrogen) atoms. The molecule has 3 rings (SSSR count). The van der Waals surface area contributed by atoms with Crippen molar-refractivity contribution >= 4 is 27.6 Å². The van der Waals surface area contributed by atoms with Gasteiger partial charge in [0.15, 0.2) is 0 Å². The first-order chi connectivity index (χ1) is 12.7. The monoisotopic (exact) mass is 409 g/mol. The van der Waals surface area contributed by atoms with Gasteiger partial charge in [-0.25, -0.2) is 13.1 Å². The number of nitrogens with one attached hydrogen (secondary N) is 1. The predicted octanol–water partition coefficient (Wildman–Crippen LogP) is 2.54. The fourth-order valence-corrected chi connectivity index (χ4v) is 4.53. The van der Waals surface area contributed by atoms with E-state index in [4.69, 9.17) is 16.7 Å². The van der Waals surface area contributed by atoms with Crippen LogP contribution in [0.3, 0.4) is 0 Å². The molecule has 0 radical (unpaired) electrons. The van der Waals surface area contributed by atoms with Crippen molar-refractivity contribution in [1.82, 2.24) is 4.72 Å². The number of carboxylic acid groups (broad SMARTS) is 1. The van der Waals surface area contributed by atoms with Gasteiger partial charge in [-0.15, -0.1) is 0 Å². The Labute approximate surface area is 162 Å². The standard InChI is InChI=1S/C19H20ClNO5S/c20-16-3-5-17(6-4-16)27(25,26)21-11-12-7-13-1-2-14(9-15(13)8-12)18(22)10-19(23)24/h1-6,9,12,18,21-22H,7-8,10-11H2,(H,23,24). The van der Waals surface area contributed by atoms with Crippen LogP contribution in [0.25, 0.3) is 0 Å². The lowest BCUT2D eigenvalue weighted by atomic mass is 10.0. The summed E-state index contributed by atoms with van der Waals surface area (Å²) in [5, 5.41) is 19.2. The largest absolute Gasteiger partial charge is 0.481 e. The maximum Gasteiger partial charge on any atom is 0.306 e. The van der Waals surface area contributed by atoms with Gasteiger partial charge in [-0.05, 0) is 59.7 Å². The Morgan fingerprint density at radius 3 is 2.48 bits per heavy atom. The SMILES string of the molecule is O=C(O)CC(O)c1ccc2c(c1)CC(CNS(=O)(=O)c1ccc(Cl)cc1)C2. The molecule has 3 N–H and O–H groups in total. The van der Waals surface area contributed by atoms with Crippen LogP contribution < -0.4 is 4.72 Å². The molecule has 1 aliphatic rings. The number of halogens is 1. The second-order valence-corrected chi connectivity index (χ2v) is 8.93. The number of fused-ring (bicyclic) bond motifs is 1. The molecular formula is C19H20ClNO5S. The third-order valence-corrected chi connectivity index (χ3v) is 6.38. The molecule has 0 aromatic heterocycles. The topological polar surface area (TPSA) is 104 Å². The quantitative estimate of drug-likeness (QED) is 0.652. The Kier molecular flexibility index (Phi) is 5.86. The van der Waals surface area contributed by atoms with Gasteiger partial charge in [0.05, 0.1) is 17.4 Å². The van der Waals surface area contributed by atoms with E-state index in [1.807, 2.05) is 12.1 Å². The Bertz CT molecular complexity index is 943. The van der Waals surface area contributed by atoms with Crippen molar-refractivity contribution in [3.05, 3.63) is 64.2 Å². The average Bonchev–Trinajstić information content (AvgIpc) is 3.02. The minimum absolute atomic E-state index is 0.106. The molecule has 0 spiro atoms. The van der Waals surface area contributed by atoms with Crippen molar-refractivity contribution in [2.45, 2.75) is 30.3 Å². The van der Waals surface area contributed by atoms with Crippen molar-refractivity contribution in [3.63, 3.8) is 0 Å². The van der Waals surface area contributed by atoms with Crippen LogP contribution in [0.15, 0.2) is 47.4 Å². The summed E-state index contributed by atoms with van der Waals surface area (Å²) in [6.07, 6.45) is 0.0125. The zero-order chi connectivity index (χ0) is 19.6. The van der Waals surface area contributed by atoms with E-state index >= 15 is 0 Å². The van der Waals surface area contributed by atoms with E-state index in [0.717, 1.165) is 17.5 Å². The molecule has 0 bridgehead atoms. The maximum absolute atomic E-state index is 12.4. The summed E-state index contributed by atoms with van der Waals surface area (Å²) in [4.78, 5) is 10.9. The van der Waals surface area contributed by atoms with Crippen LogP contribution >= 0.6 is 11.6 Å². The van der Waals surface area contributed by atoms with Crippen LogP contribution in [-0.4, -0.2) is 31.1 Å². The first kappa shape index (κ1) is 19.8. The first-order valence-electron chi connectivity index (χ1n) is 8.51. The third-order valence-electron chi connectivity index (χ3n) is 4.69. The molecule has 6 nitrogen and oxygen atoms in total. The number of benzene rings is 2. The number of carbonyl (C=O) groups is 1. The molecule has 0 fully saturated rings. The van der Waals surface area contributed by atoms with Gasteiger partial charge < -0.3 is 10.2 Å². The smallest absolute Gasteiger partial charge is 0.306 e. The van der Waals surface area contributed by atoms with Crippen LogP contribution in [0.5, 0.6) is 0 Å². The Hall–Kier alpha value is -1.93. The van der Waals surface area contributed by atoms with Gasteiger partial charge in [0.2, 0.25) is 10.0 Å². The summed E-state index contributed by atoms with van der Waals surface area (Å²) in [5.41, 5.74) is 2.68. The summed E-state index contributed by atoms with van der Waals surface area (Å²) >= 11 is 5.79. The molecule has 0 saturated carbocycles.